The van der Waals surface area contributed by atoms with Gasteiger partial charge in [-0.2, -0.15) is 0 Å². The lowest BCUT2D eigenvalue weighted by molar-refractivity contribution is 0.267. The van der Waals surface area contributed by atoms with Gasteiger partial charge in [0, 0.05) is 6.42 Å². The van der Waals surface area contributed by atoms with E-state index in [0.717, 1.165) is 17.7 Å². The molecule has 0 fully saturated rings. The summed E-state index contributed by atoms with van der Waals surface area (Å²) in [6.07, 6.45) is 1.49. The van der Waals surface area contributed by atoms with Gasteiger partial charge in [0.25, 0.3) is 0 Å². The Labute approximate surface area is 88.3 Å². The number of hydrogen-bond donors (Lipinski definition) is 2. The first-order valence-corrected chi connectivity index (χ1v) is 4.99. The molecule has 1 aliphatic rings. The molecule has 1 heterocycles. The Morgan fingerprint density at radius 1 is 1.53 bits per heavy atom. The van der Waals surface area contributed by atoms with E-state index in [-0.39, 0.29) is 5.84 Å². The van der Waals surface area contributed by atoms with Crippen LogP contribution in [0.5, 0.6) is 5.75 Å². The van der Waals surface area contributed by atoms with Crippen LogP contribution < -0.4 is 10.5 Å². The maximum atomic E-state index is 8.55. The van der Waals surface area contributed by atoms with Gasteiger partial charge < -0.3 is 15.7 Å². The van der Waals surface area contributed by atoms with Gasteiger partial charge >= 0.3 is 0 Å². The zero-order valence-corrected chi connectivity index (χ0v) is 8.39. The second-order valence-electron chi connectivity index (χ2n) is 3.67. The molecule has 0 amide bonds. The Kier molecular flexibility index (Phi) is 2.76. The molecule has 0 aromatic heterocycles. The lowest BCUT2D eigenvalue weighted by Crippen LogP contribution is -2.21. The smallest absolute Gasteiger partial charge is 0.139 e. The number of nitrogens with zero attached hydrogens (tertiary/aromatic N) is 1. The number of ether oxygens (including phenoxy) is 1. The average Bonchev–Trinajstić information content (AvgIpc) is 2.29. The summed E-state index contributed by atoms with van der Waals surface area (Å²) in [4.78, 5) is 0. The van der Waals surface area contributed by atoms with Crippen LogP contribution in [0.1, 0.15) is 24.3 Å². The molecule has 0 aliphatic carbocycles. The van der Waals surface area contributed by atoms with E-state index in [1.807, 2.05) is 24.3 Å². The van der Waals surface area contributed by atoms with Crippen molar-refractivity contribution in [3.63, 3.8) is 0 Å². The van der Waals surface area contributed by atoms with Crippen LogP contribution in [0.25, 0.3) is 0 Å². The predicted molar refractivity (Wildman–Crippen MR) is 57.3 cm³/mol. The number of benzene rings is 1. The minimum atomic E-state index is 0.275. The molecule has 1 aliphatic heterocycles. The lowest BCUT2D eigenvalue weighted by Gasteiger charge is -2.25. The highest BCUT2D eigenvalue weighted by atomic mass is 16.5. The molecule has 80 valence electrons. The summed E-state index contributed by atoms with van der Waals surface area (Å²) in [5, 5.41) is 11.6. The van der Waals surface area contributed by atoms with E-state index in [1.165, 1.54) is 0 Å². The van der Waals surface area contributed by atoms with Crippen molar-refractivity contribution in [2.75, 3.05) is 6.61 Å². The minimum absolute atomic E-state index is 0.275. The third kappa shape index (κ3) is 2.03. The second-order valence-corrected chi connectivity index (χ2v) is 3.67. The van der Waals surface area contributed by atoms with Crippen molar-refractivity contribution < 1.29 is 9.94 Å². The van der Waals surface area contributed by atoms with Crippen molar-refractivity contribution >= 4 is 5.84 Å². The molecule has 4 nitrogen and oxygen atoms in total. The molecule has 0 saturated heterocycles. The molecule has 2 rings (SSSR count). The van der Waals surface area contributed by atoms with Crippen LogP contribution in [0, 0.1) is 0 Å². The average molecular weight is 206 g/mol. The molecule has 1 aromatic rings. The van der Waals surface area contributed by atoms with E-state index >= 15 is 0 Å². The highest BCUT2D eigenvalue weighted by Crippen LogP contribution is 2.35. The summed E-state index contributed by atoms with van der Waals surface area (Å²) in [5.41, 5.74) is 6.67. The van der Waals surface area contributed by atoms with E-state index in [0.29, 0.717) is 18.9 Å². The van der Waals surface area contributed by atoms with E-state index in [1.54, 1.807) is 0 Å². The van der Waals surface area contributed by atoms with Gasteiger partial charge in [-0.15, -0.1) is 0 Å². The zero-order chi connectivity index (χ0) is 10.7. The van der Waals surface area contributed by atoms with Gasteiger partial charge in [0.05, 0.1) is 6.61 Å². The van der Waals surface area contributed by atoms with Gasteiger partial charge in [-0.3, -0.25) is 0 Å². The van der Waals surface area contributed by atoms with E-state index in [2.05, 4.69) is 5.16 Å². The largest absolute Gasteiger partial charge is 0.493 e. The summed E-state index contributed by atoms with van der Waals surface area (Å²) in [7, 11) is 0. The first-order chi connectivity index (χ1) is 7.31. The van der Waals surface area contributed by atoms with E-state index < -0.39 is 0 Å². The first kappa shape index (κ1) is 9.83. The molecule has 1 unspecified atom stereocenters. The highest BCUT2D eigenvalue weighted by Gasteiger charge is 2.21. The first-order valence-electron chi connectivity index (χ1n) is 4.99. The molecule has 1 atom stereocenters. The van der Waals surface area contributed by atoms with Crippen LogP contribution in [0.4, 0.5) is 0 Å². The Morgan fingerprint density at radius 2 is 2.33 bits per heavy atom. The summed E-state index contributed by atoms with van der Waals surface area (Å²) >= 11 is 0. The lowest BCUT2D eigenvalue weighted by atomic mass is 9.90. The Morgan fingerprint density at radius 3 is 3.13 bits per heavy atom. The van der Waals surface area contributed by atoms with Gasteiger partial charge in [-0.05, 0) is 24.0 Å². The molecule has 0 spiro atoms. The fraction of sp³-hybridized carbons (Fsp3) is 0.364. The molecule has 3 N–H and O–H groups in total. The number of fused-ring (bicyclic) bond motifs is 1. The third-order valence-corrected chi connectivity index (χ3v) is 2.67. The van der Waals surface area contributed by atoms with Crippen LogP contribution in [0.2, 0.25) is 0 Å². The molecular formula is C11H14N2O2. The van der Waals surface area contributed by atoms with Crippen LogP contribution in [0.15, 0.2) is 29.4 Å². The number of hydrogen-bond acceptors (Lipinski definition) is 3. The molecular weight excluding hydrogens is 192 g/mol. The van der Waals surface area contributed by atoms with Gasteiger partial charge in [0.15, 0.2) is 0 Å². The monoisotopic (exact) mass is 206 g/mol. The Hall–Kier alpha value is -1.71. The zero-order valence-electron chi connectivity index (χ0n) is 8.39. The number of para-hydroxylation sites is 1. The van der Waals surface area contributed by atoms with Crippen molar-refractivity contribution in [1.82, 2.24) is 0 Å². The molecule has 4 heteroatoms. The van der Waals surface area contributed by atoms with Gasteiger partial charge in [-0.25, -0.2) is 0 Å². The Balaban J connectivity index is 2.22. The van der Waals surface area contributed by atoms with Gasteiger partial charge in [-0.1, -0.05) is 23.4 Å². The molecule has 0 saturated carbocycles. The molecule has 0 radical (unpaired) electrons. The summed E-state index contributed by atoms with van der Waals surface area (Å²) in [6.45, 7) is 0.695. The maximum absolute atomic E-state index is 8.55. The van der Waals surface area contributed by atoms with Gasteiger partial charge in [0.1, 0.15) is 11.6 Å². The van der Waals surface area contributed by atoms with Crippen LogP contribution in [0.3, 0.4) is 0 Å². The van der Waals surface area contributed by atoms with Crippen LogP contribution >= 0.6 is 0 Å². The standard InChI is InChI=1S/C11H14N2O2/c12-11(13-14)7-8-5-6-15-10-4-2-1-3-9(8)10/h1-4,8,14H,5-7H2,(H2,12,13). The van der Waals surface area contributed by atoms with E-state index in [4.69, 9.17) is 15.7 Å². The number of rotatable bonds is 2. The second kappa shape index (κ2) is 4.21. The van der Waals surface area contributed by atoms with E-state index in [9.17, 15) is 0 Å². The fourth-order valence-electron chi connectivity index (χ4n) is 1.92. The third-order valence-electron chi connectivity index (χ3n) is 2.67. The summed E-state index contributed by atoms with van der Waals surface area (Å²) in [5.74, 6) is 1.49. The molecule has 0 bridgehead atoms. The summed E-state index contributed by atoms with van der Waals surface area (Å²) < 4.78 is 5.53. The molecule has 1 aromatic carbocycles. The summed E-state index contributed by atoms with van der Waals surface area (Å²) in [6, 6.07) is 7.91. The highest BCUT2D eigenvalue weighted by molar-refractivity contribution is 5.80. The van der Waals surface area contributed by atoms with Crippen molar-refractivity contribution in [2.45, 2.75) is 18.8 Å². The molecule has 15 heavy (non-hydrogen) atoms. The fourth-order valence-corrected chi connectivity index (χ4v) is 1.92. The predicted octanol–water partition coefficient (Wildman–Crippen LogP) is 1.69. The SMILES string of the molecule is N/C(CC1CCOc2ccccc21)=N/O. The quantitative estimate of drug-likeness (QED) is 0.335. The number of oxime groups is 1. The van der Waals surface area contributed by atoms with Crippen molar-refractivity contribution in [3.05, 3.63) is 29.8 Å². The van der Waals surface area contributed by atoms with Crippen molar-refractivity contribution in [2.24, 2.45) is 10.9 Å². The van der Waals surface area contributed by atoms with Gasteiger partial charge in [0.2, 0.25) is 0 Å². The number of nitrogens with two attached hydrogens (primary N) is 1. The Bertz CT molecular complexity index is 377. The topological polar surface area (TPSA) is 67.8 Å². The van der Waals surface area contributed by atoms with Crippen molar-refractivity contribution in [1.29, 1.82) is 0 Å². The normalized spacial score (nSPS) is 20.5. The van der Waals surface area contributed by atoms with Crippen LogP contribution in [-0.2, 0) is 0 Å². The number of amidine groups is 1. The minimum Gasteiger partial charge on any atom is -0.493 e. The van der Waals surface area contributed by atoms with Crippen molar-refractivity contribution in [3.8, 4) is 5.75 Å². The van der Waals surface area contributed by atoms with Crippen LogP contribution in [-0.4, -0.2) is 17.6 Å². The maximum Gasteiger partial charge on any atom is 0.139 e.